The summed E-state index contributed by atoms with van der Waals surface area (Å²) >= 11 is 0. The zero-order valence-electron chi connectivity index (χ0n) is 12.0. The Labute approximate surface area is 106 Å². The van der Waals surface area contributed by atoms with Crippen molar-refractivity contribution in [3.8, 4) is 0 Å². The fourth-order valence-corrected chi connectivity index (χ4v) is 2.23. The van der Waals surface area contributed by atoms with Crippen molar-refractivity contribution in [1.29, 1.82) is 0 Å². The highest BCUT2D eigenvalue weighted by Crippen LogP contribution is 2.32. The van der Waals surface area contributed by atoms with Gasteiger partial charge in [0.05, 0.1) is 0 Å². The molecule has 1 aliphatic rings. The highest BCUT2D eigenvalue weighted by Gasteiger charge is 2.37. The third-order valence-corrected chi connectivity index (χ3v) is 3.68. The first kappa shape index (κ1) is 14.5. The van der Waals surface area contributed by atoms with Crippen molar-refractivity contribution in [2.24, 2.45) is 16.7 Å². The van der Waals surface area contributed by atoms with Crippen molar-refractivity contribution in [3.63, 3.8) is 0 Å². The van der Waals surface area contributed by atoms with E-state index < -0.39 is 0 Å². The Morgan fingerprint density at radius 1 is 1.29 bits per heavy atom. The van der Waals surface area contributed by atoms with Crippen LogP contribution in [0.3, 0.4) is 0 Å². The van der Waals surface area contributed by atoms with Crippen LogP contribution in [0.25, 0.3) is 0 Å². The van der Waals surface area contributed by atoms with Gasteiger partial charge in [-0.3, -0.25) is 4.79 Å². The van der Waals surface area contributed by atoms with Crippen LogP contribution >= 0.6 is 0 Å². The zero-order valence-corrected chi connectivity index (χ0v) is 12.0. The Morgan fingerprint density at radius 3 is 2.41 bits per heavy atom. The number of rotatable bonds is 3. The van der Waals surface area contributed by atoms with Crippen molar-refractivity contribution in [2.75, 3.05) is 19.6 Å². The standard InChI is InChI=1S/C14H28N2O/c1-13(2,3)10-16-12(17)14(4,5)11-7-6-8-15-9-11/h11,15H,6-10H2,1-5H3,(H,16,17). The Hall–Kier alpha value is -0.570. The van der Waals surface area contributed by atoms with E-state index in [9.17, 15) is 4.79 Å². The number of nitrogens with one attached hydrogen (secondary N) is 2. The van der Waals surface area contributed by atoms with Gasteiger partial charge in [0, 0.05) is 12.0 Å². The van der Waals surface area contributed by atoms with E-state index >= 15 is 0 Å². The van der Waals surface area contributed by atoms with Gasteiger partial charge in [-0.25, -0.2) is 0 Å². The Morgan fingerprint density at radius 2 is 1.94 bits per heavy atom. The third kappa shape index (κ3) is 4.30. The van der Waals surface area contributed by atoms with Crippen LogP contribution in [0.5, 0.6) is 0 Å². The maximum Gasteiger partial charge on any atom is 0.226 e. The average molecular weight is 240 g/mol. The lowest BCUT2D eigenvalue weighted by Crippen LogP contribution is -2.48. The van der Waals surface area contributed by atoms with Gasteiger partial charge >= 0.3 is 0 Å². The van der Waals surface area contributed by atoms with Gasteiger partial charge in [0.2, 0.25) is 5.91 Å². The summed E-state index contributed by atoms with van der Waals surface area (Å²) in [7, 11) is 0. The number of amides is 1. The third-order valence-electron chi connectivity index (χ3n) is 3.68. The first-order valence-corrected chi connectivity index (χ1v) is 6.72. The molecule has 1 aliphatic heterocycles. The molecule has 1 rings (SSSR count). The lowest BCUT2D eigenvalue weighted by atomic mass is 9.74. The molecule has 0 aliphatic carbocycles. The van der Waals surface area contributed by atoms with E-state index in [0.29, 0.717) is 5.92 Å². The molecule has 17 heavy (non-hydrogen) atoms. The van der Waals surface area contributed by atoms with E-state index in [4.69, 9.17) is 0 Å². The van der Waals surface area contributed by atoms with E-state index in [1.165, 1.54) is 6.42 Å². The van der Waals surface area contributed by atoms with Gasteiger partial charge in [-0.15, -0.1) is 0 Å². The van der Waals surface area contributed by atoms with Gasteiger partial charge in [0.25, 0.3) is 0 Å². The summed E-state index contributed by atoms with van der Waals surface area (Å²) in [4.78, 5) is 12.3. The molecule has 100 valence electrons. The van der Waals surface area contributed by atoms with E-state index in [2.05, 4.69) is 45.3 Å². The highest BCUT2D eigenvalue weighted by molar-refractivity contribution is 5.82. The number of carbonyl (C=O) groups is 1. The molecule has 1 unspecified atom stereocenters. The molecule has 0 aromatic carbocycles. The molecule has 3 heteroatoms. The molecular weight excluding hydrogens is 212 g/mol. The largest absolute Gasteiger partial charge is 0.355 e. The molecule has 1 atom stereocenters. The predicted octanol–water partition coefficient (Wildman–Crippen LogP) is 2.17. The topological polar surface area (TPSA) is 41.1 Å². The second-order valence-electron chi connectivity index (χ2n) is 7.01. The van der Waals surface area contributed by atoms with Gasteiger partial charge in [0.1, 0.15) is 0 Å². The maximum absolute atomic E-state index is 12.3. The van der Waals surface area contributed by atoms with E-state index in [-0.39, 0.29) is 16.7 Å². The minimum absolute atomic E-state index is 0.149. The zero-order chi connectivity index (χ0) is 13.1. The van der Waals surface area contributed by atoms with E-state index in [1.807, 2.05) is 0 Å². The molecule has 0 saturated carbocycles. The van der Waals surface area contributed by atoms with Gasteiger partial charge < -0.3 is 10.6 Å². The number of carbonyl (C=O) groups excluding carboxylic acids is 1. The van der Waals surface area contributed by atoms with Crippen LogP contribution in [-0.2, 0) is 4.79 Å². The fraction of sp³-hybridized carbons (Fsp3) is 0.929. The molecule has 1 amide bonds. The minimum atomic E-state index is -0.265. The summed E-state index contributed by atoms with van der Waals surface area (Å²) in [6, 6.07) is 0. The Bertz CT molecular complexity index is 260. The van der Waals surface area contributed by atoms with Crippen LogP contribution in [0.15, 0.2) is 0 Å². The molecule has 0 spiro atoms. The molecule has 0 aromatic rings. The lowest BCUT2D eigenvalue weighted by Gasteiger charge is -2.36. The Kier molecular flexibility index (Phi) is 4.59. The van der Waals surface area contributed by atoms with Crippen LogP contribution < -0.4 is 10.6 Å². The molecule has 0 bridgehead atoms. The average Bonchev–Trinajstić information content (AvgIpc) is 2.26. The predicted molar refractivity (Wildman–Crippen MR) is 71.8 cm³/mol. The molecule has 0 radical (unpaired) electrons. The molecular formula is C14H28N2O. The first-order valence-electron chi connectivity index (χ1n) is 6.72. The van der Waals surface area contributed by atoms with Crippen molar-refractivity contribution in [1.82, 2.24) is 10.6 Å². The monoisotopic (exact) mass is 240 g/mol. The molecule has 2 N–H and O–H groups in total. The highest BCUT2D eigenvalue weighted by atomic mass is 16.2. The molecule has 1 heterocycles. The van der Waals surface area contributed by atoms with Crippen molar-refractivity contribution in [3.05, 3.63) is 0 Å². The second-order valence-corrected chi connectivity index (χ2v) is 7.01. The summed E-state index contributed by atoms with van der Waals surface area (Å²) in [6.07, 6.45) is 2.34. The normalized spacial score (nSPS) is 22.3. The summed E-state index contributed by atoms with van der Waals surface area (Å²) in [6.45, 7) is 13.4. The molecule has 0 aromatic heterocycles. The summed E-state index contributed by atoms with van der Waals surface area (Å²) in [5.41, 5.74) is -0.116. The SMILES string of the molecule is CC(C)(C)CNC(=O)C(C)(C)C1CCCNC1. The number of hydrogen-bond acceptors (Lipinski definition) is 2. The van der Waals surface area contributed by atoms with E-state index in [1.54, 1.807) is 0 Å². The number of piperidine rings is 1. The Balaban J connectivity index is 2.53. The quantitative estimate of drug-likeness (QED) is 0.794. The minimum Gasteiger partial charge on any atom is -0.355 e. The van der Waals surface area contributed by atoms with E-state index in [0.717, 1.165) is 26.1 Å². The molecule has 1 saturated heterocycles. The molecule has 3 nitrogen and oxygen atoms in total. The molecule has 1 fully saturated rings. The van der Waals surface area contributed by atoms with Gasteiger partial charge in [-0.2, -0.15) is 0 Å². The summed E-state index contributed by atoms with van der Waals surface area (Å²) in [5, 5.41) is 6.48. The summed E-state index contributed by atoms with van der Waals surface area (Å²) < 4.78 is 0. The maximum atomic E-state index is 12.3. The van der Waals surface area contributed by atoms with Crippen LogP contribution in [0.1, 0.15) is 47.5 Å². The lowest BCUT2D eigenvalue weighted by molar-refractivity contribution is -0.133. The fourth-order valence-electron chi connectivity index (χ4n) is 2.23. The van der Waals surface area contributed by atoms with Gasteiger partial charge in [-0.1, -0.05) is 34.6 Å². The second kappa shape index (κ2) is 5.38. The number of hydrogen-bond donors (Lipinski definition) is 2. The smallest absolute Gasteiger partial charge is 0.226 e. The summed E-state index contributed by atoms with van der Waals surface area (Å²) in [5.74, 6) is 0.650. The first-order chi connectivity index (χ1) is 7.73. The van der Waals surface area contributed by atoms with Crippen LogP contribution in [-0.4, -0.2) is 25.5 Å². The van der Waals surface area contributed by atoms with Crippen molar-refractivity contribution < 1.29 is 4.79 Å². The van der Waals surface area contributed by atoms with Crippen molar-refractivity contribution in [2.45, 2.75) is 47.5 Å². The van der Waals surface area contributed by atoms with Crippen LogP contribution in [0.4, 0.5) is 0 Å². The van der Waals surface area contributed by atoms with Crippen molar-refractivity contribution >= 4 is 5.91 Å². The van der Waals surface area contributed by atoms with Crippen LogP contribution in [0.2, 0.25) is 0 Å². The van der Waals surface area contributed by atoms with Gasteiger partial charge in [0.15, 0.2) is 0 Å². The van der Waals surface area contributed by atoms with Crippen LogP contribution in [0, 0.1) is 16.7 Å². The van der Waals surface area contributed by atoms with Gasteiger partial charge in [-0.05, 0) is 37.3 Å².